The minimum Gasteiger partial charge on any atom is -0.373 e. The number of methoxy groups -OCH3 is 1. The monoisotopic (exact) mass is 228 g/mol. The molecule has 0 aliphatic heterocycles. The maximum atomic E-state index is 5.49. The molecule has 1 heterocycles. The molecule has 2 rings (SSSR count). The van der Waals surface area contributed by atoms with Crippen LogP contribution in [-0.2, 0) is 4.74 Å². The highest BCUT2D eigenvalue weighted by Crippen LogP contribution is 2.34. The lowest BCUT2D eigenvalue weighted by molar-refractivity contribution is 0.0273. The maximum Gasteiger partial charge on any atom is 0.314 e. The predicted octanol–water partition coefficient (Wildman–Crippen LogP) is 3.00. The molecule has 1 aromatic heterocycles. The molecule has 0 radical (unpaired) electrons. The van der Waals surface area contributed by atoms with Gasteiger partial charge in [-0.05, 0) is 31.0 Å². The molecule has 1 saturated carbocycles. The van der Waals surface area contributed by atoms with Crippen LogP contribution >= 0.6 is 12.2 Å². The summed E-state index contributed by atoms with van der Waals surface area (Å²) in [6, 6.07) is 0. The van der Waals surface area contributed by atoms with Gasteiger partial charge in [-0.15, -0.1) is 0 Å². The molecule has 1 fully saturated rings. The van der Waals surface area contributed by atoms with Crippen molar-refractivity contribution in [2.45, 2.75) is 38.2 Å². The first-order valence-corrected chi connectivity index (χ1v) is 5.80. The molecule has 1 aliphatic carbocycles. The van der Waals surface area contributed by atoms with E-state index >= 15 is 0 Å². The molecule has 4 nitrogen and oxygen atoms in total. The zero-order valence-corrected chi connectivity index (χ0v) is 9.68. The number of rotatable bonds is 3. The number of aromatic nitrogens is 2. The summed E-state index contributed by atoms with van der Waals surface area (Å²) in [4.78, 5) is 4.38. The van der Waals surface area contributed by atoms with Gasteiger partial charge in [-0.25, -0.2) is 5.16 Å². The molecule has 0 saturated heterocycles. The van der Waals surface area contributed by atoms with E-state index in [1.165, 1.54) is 32.1 Å². The third-order valence-electron chi connectivity index (χ3n) is 3.06. The summed E-state index contributed by atoms with van der Waals surface area (Å²) in [5, 5.41) is 2.74. The summed E-state index contributed by atoms with van der Waals surface area (Å²) in [5.41, 5.74) is 0. The molecule has 1 unspecified atom stereocenters. The first kappa shape index (κ1) is 10.8. The Morgan fingerprint density at radius 3 is 2.73 bits per heavy atom. The Hall–Kier alpha value is -0.680. The number of nitrogens with one attached hydrogen (secondary N) is 1. The number of aromatic amines is 1. The van der Waals surface area contributed by atoms with Gasteiger partial charge in [-0.2, -0.15) is 4.98 Å². The van der Waals surface area contributed by atoms with Crippen LogP contribution in [0.5, 0.6) is 0 Å². The van der Waals surface area contributed by atoms with Crippen LogP contribution in [0.2, 0.25) is 0 Å². The van der Waals surface area contributed by atoms with Crippen molar-refractivity contribution in [3.05, 3.63) is 10.7 Å². The molecule has 1 N–H and O–H groups in total. The minimum absolute atomic E-state index is 0.00532. The van der Waals surface area contributed by atoms with Gasteiger partial charge in [0.15, 0.2) is 5.82 Å². The molecule has 84 valence electrons. The standard InChI is InChI=1S/C10H16N2O2S/c1-13-8(7-5-3-2-4-6-7)9-11-10(15)14-12-9/h7-8H,2-6H2,1H3,(H,11,12,15). The van der Waals surface area contributed by atoms with Crippen LogP contribution in [0.3, 0.4) is 0 Å². The average Bonchev–Trinajstić information content (AvgIpc) is 2.68. The lowest BCUT2D eigenvalue weighted by atomic mass is 9.85. The third-order valence-corrected chi connectivity index (χ3v) is 3.23. The number of H-pyrrole nitrogens is 1. The van der Waals surface area contributed by atoms with Crippen molar-refractivity contribution in [3.8, 4) is 0 Å². The molecule has 0 aromatic carbocycles. The van der Waals surface area contributed by atoms with E-state index in [0.29, 0.717) is 5.92 Å². The second-order valence-electron chi connectivity index (χ2n) is 4.02. The van der Waals surface area contributed by atoms with E-state index in [9.17, 15) is 0 Å². The second-order valence-corrected chi connectivity index (χ2v) is 4.37. The fourth-order valence-electron chi connectivity index (χ4n) is 2.33. The Kier molecular flexibility index (Phi) is 3.53. The average molecular weight is 228 g/mol. The van der Waals surface area contributed by atoms with E-state index in [1.807, 2.05) is 0 Å². The fourth-order valence-corrected chi connectivity index (χ4v) is 2.47. The first-order chi connectivity index (χ1) is 7.31. The Balaban J connectivity index is 2.12. The lowest BCUT2D eigenvalue weighted by Crippen LogP contribution is -2.19. The third kappa shape index (κ3) is 2.46. The summed E-state index contributed by atoms with van der Waals surface area (Å²) in [6.45, 7) is 0. The molecule has 1 aliphatic rings. The zero-order chi connectivity index (χ0) is 10.7. The van der Waals surface area contributed by atoms with Gasteiger partial charge in [0.1, 0.15) is 6.10 Å². The van der Waals surface area contributed by atoms with Crippen LogP contribution in [-0.4, -0.2) is 17.3 Å². The molecule has 1 aromatic rings. The smallest absolute Gasteiger partial charge is 0.314 e. The van der Waals surface area contributed by atoms with Crippen LogP contribution in [0.25, 0.3) is 0 Å². The fraction of sp³-hybridized carbons (Fsp3) is 0.800. The van der Waals surface area contributed by atoms with Gasteiger partial charge in [-0.1, -0.05) is 19.3 Å². The topological polar surface area (TPSA) is 51.1 Å². The van der Waals surface area contributed by atoms with Crippen molar-refractivity contribution in [1.29, 1.82) is 0 Å². The van der Waals surface area contributed by atoms with Gasteiger partial charge in [0.05, 0.1) is 0 Å². The van der Waals surface area contributed by atoms with E-state index in [0.717, 1.165) is 5.82 Å². The van der Waals surface area contributed by atoms with Crippen LogP contribution in [0.1, 0.15) is 44.0 Å². The van der Waals surface area contributed by atoms with E-state index < -0.39 is 0 Å². The molecule has 0 amide bonds. The highest BCUT2D eigenvalue weighted by molar-refractivity contribution is 7.71. The minimum atomic E-state index is 0.00532. The quantitative estimate of drug-likeness (QED) is 0.808. The summed E-state index contributed by atoms with van der Waals surface area (Å²) in [5.74, 6) is 1.27. The van der Waals surface area contributed by atoms with Crippen molar-refractivity contribution in [1.82, 2.24) is 10.1 Å². The summed E-state index contributed by atoms with van der Waals surface area (Å²) in [7, 11) is 1.71. The van der Waals surface area contributed by atoms with Crippen LogP contribution in [0.4, 0.5) is 0 Å². The lowest BCUT2D eigenvalue weighted by Gasteiger charge is -2.27. The van der Waals surface area contributed by atoms with E-state index in [1.54, 1.807) is 7.11 Å². The number of hydrogen-bond acceptors (Lipinski definition) is 4. The van der Waals surface area contributed by atoms with Gasteiger partial charge >= 0.3 is 4.84 Å². The summed E-state index contributed by atoms with van der Waals surface area (Å²) in [6.07, 6.45) is 6.30. The van der Waals surface area contributed by atoms with E-state index in [4.69, 9.17) is 21.5 Å². The predicted molar refractivity (Wildman–Crippen MR) is 58.0 cm³/mol. The Morgan fingerprint density at radius 2 is 2.20 bits per heavy atom. The van der Waals surface area contributed by atoms with Crippen LogP contribution in [0, 0.1) is 10.8 Å². The van der Waals surface area contributed by atoms with Crippen molar-refractivity contribution in [3.63, 3.8) is 0 Å². The van der Waals surface area contributed by atoms with Crippen molar-refractivity contribution < 1.29 is 9.26 Å². The molecule has 0 bridgehead atoms. The summed E-state index contributed by atoms with van der Waals surface area (Å²) < 4.78 is 10.4. The van der Waals surface area contributed by atoms with Crippen molar-refractivity contribution >= 4 is 12.2 Å². The highest BCUT2D eigenvalue weighted by atomic mass is 32.1. The van der Waals surface area contributed by atoms with Gasteiger partial charge in [-0.3, -0.25) is 0 Å². The largest absolute Gasteiger partial charge is 0.373 e. The molecule has 5 heteroatoms. The second kappa shape index (κ2) is 4.90. The Labute approximate surface area is 94.0 Å². The zero-order valence-electron chi connectivity index (χ0n) is 8.86. The Bertz CT molecular complexity index is 354. The number of nitrogens with zero attached hydrogens (tertiary/aromatic N) is 1. The molecular formula is C10H16N2O2S. The van der Waals surface area contributed by atoms with Crippen LogP contribution < -0.4 is 0 Å². The molecule has 0 spiro atoms. The van der Waals surface area contributed by atoms with Crippen molar-refractivity contribution in [2.24, 2.45) is 5.92 Å². The Morgan fingerprint density at radius 1 is 1.47 bits per heavy atom. The van der Waals surface area contributed by atoms with Gasteiger partial charge in [0.25, 0.3) is 0 Å². The van der Waals surface area contributed by atoms with E-state index in [2.05, 4.69) is 10.1 Å². The van der Waals surface area contributed by atoms with Gasteiger partial charge in [0.2, 0.25) is 0 Å². The SMILES string of the molecule is COC(c1nc(=S)o[nH]1)C1CCCCC1. The number of ether oxygens (including phenoxy) is 1. The van der Waals surface area contributed by atoms with Gasteiger partial charge < -0.3 is 9.26 Å². The first-order valence-electron chi connectivity index (χ1n) is 5.39. The highest BCUT2D eigenvalue weighted by Gasteiger charge is 2.27. The maximum absolute atomic E-state index is 5.49. The van der Waals surface area contributed by atoms with Crippen molar-refractivity contribution in [2.75, 3.05) is 7.11 Å². The van der Waals surface area contributed by atoms with Crippen LogP contribution in [0.15, 0.2) is 4.52 Å². The van der Waals surface area contributed by atoms with E-state index in [-0.39, 0.29) is 10.9 Å². The normalized spacial score (nSPS) is 20.3. The molecular weight excluding hydrogens is 212 g/mol. The number of hydrogen-bond donors (Lipinski definition) is 1. The summed E-state index contributed by atoms with van der Waals surface area (Å²) >= 11 is 4.84. The molecule has 1 atom stereocenters. The van der Waals surface area contributed by atoms with Gasteiger partial charge in [0, 0.05) is 7.11 Å². The molecule has 15 heavy (non-hydrogen) atoms.